The lowest BCUT2D eigenvalue weighted by Crippen LogP contribution is -2.12. The van der Waals surface area contributed by atoms with Crippen LogP contribution in [-0.4, -0.2) is 18.0 Å². The maximum Gasteiger partial charge on any atom is 0.275 e. The molecule has 5 nitrogen and oxygen atoms in total. The summed E-state index contributed by atoms with van der Waals surface area (Å²) in [7, 11) is 1.64. The standard InChI is InChI=1S/C16H14N2O3S/c1-20-9-11-4-2-5-12(8-11)17-15(19)13-10-22-16(18-13)14-6-3-7-21-14/h2-8,10H,9H2,1H3,(H,17,19). The second-order valence-corrected chi connectivity index (χ2v) is 5.46. The molecule has 0 saturated carbocycles. The minimum absolute atomic E-state index is 0.247. The Balaban J connectivity index is 1.73. The molecule has 0 spiro atoms. The molecule has 0 aliphatic carbocycles. The van der Waals surface area contributed by atoms with Gasteiger partial charge in [-0.05, 0) is 29.8 Å². The average Bonchev–Trinajstić information content (AvgIpc) is 3.19. The Morgan fingerprint density at radius 1 is 1.36 bits per heavy atom. The van der Waals surface area contributed by atoms with Crippen LogP contribution in [0.3, 0.4) is 0 Å². The number of thiazole rings is 1. The number of benzene rings is 1. The molecule has 0 aliphatic heterocycles. The van der Waals surface area contributed by atoms with E-state index in [9.17, 15) is 4.79 Å². The summed E-state index contributed by atoms with van der Waals surface area (Å²) in [4.78, 5) is 16.5. The maximum absolute atomic E-state index is 12.2. The van der Waals surface area contributed by atoms with Gasteiger partial charge in [-0.2, -0.15) is 0 Å². The number of hydrogen-bond acceptors (Lipinski definition) is 5. The van der Waals surface area contributed by atoms with E-state index >= 15 is 0 Å². The normalized spacial score (nSPS) is 10.6. The van der Waals surface area contributed by atoms with Crippen molar-refractivity contribution < 1.29 is 13.9 Å². The monoisotopic (exact) mass is 314 g/mol. The van der Waals surface area contributed by atoms with E-state index < -0.39 is 0 Å². The van der Waals surface area contributed by atoms with Crippen molar-refractivity contribution in [3.8, 4) is 10.8 Å². The molecule has 0 aliphatic rings. The number of rotatable bonds is 5. The first kappa shape index (κ1) is 14.5. The molecule has 0 atom stereocenters. The van der Waals surface area contributed by atoms with E-state index in [1.54, 1.807) is 24.8 Å². The van der Waals surface area contributed by atoms with Crippen LogP contribution in [0.2, 0.25) is 0 Å². The molecule has 0 unspecified atom stereocenters. The molecule has 2 heterocycles. The zero-order valence-electron chi connectivity index (χ0n) is 11.9. The van der Waals surface area contributed by atoms with Gasteiger partial charge in [-0.1, -0.05) is 12.1 Å². The predicted molar refractivity (Wildman–Crippen MR) is 84.9 cm³/mol. The maximum atomic E-state index is 12.2. The third-order valence-electron chi connectivity index (χ3n) is 2.96. The minimum Gasteiger partial charge on any atom is -0.462 e. The van der Waals surface area contributed by atoms with E-state index in [-0.39, 0.29) is 5.91 Å². The van der Waals surface area contributed by atoms with Gasteiger partial charge in [-0.15, -0.1) is 11.3 Å². The molecule has 1 amide bonds. The SMILES string of the molecule is COCc1cccc(NC(=O)c2csc(-c3ccco3)n2)c1. The van der Waals surface area contributed by atoms with Crippen molar-refractivity contribution in [3.05, 3.63) is 59.3 Å². The Morgan fingerprint density at radius 2 is 2.27 bits per heavy atom. The van der Waals surface area contributed by atoms with Crippen LogP contribution in [0, 0.1) is 0 Å². The number of carbonyl (C=O) groups excluding carboxylic acids is 1. The number of nitrogens with one attached hydrogen (secondary N) is 1. The summed E-state index contributed by atoms with van der Waals surface area (Å²) in [6.07, 6.45) is 1.58. The van der Waals surface area contributed by atoms with Crippen LogP contribution < -0.4 is 5.32 Å². The van der Waals surface area contributed by atoms with E-state index in [1.165, 1.54) is 11.3 Å². The van der Waals surface area contributed by atoms with Crippen LogP contribution >= 0.6 is 11.3 Å². The fraction of sp³-hybridized carbons (Fsp3) is 0.125. The molecule has 3 aromatic rings. The summed E-state index contributed by atoms with van der Waals surface area (Å²) in [6, 6.07) is 11.1. The average molecular weight is 314 g/mol. The van der Waals surface area contributed by atoms with Crippen molar-refractivity contribution in [2.45, 2.75) is 6.61 Å². The summed E-state index contributed by atoms with van der Waals surface area (Å²) in [5.41, 5.74) is 2.08. The molecule has 6 heteroatoms. The van der Waals surface area contributed by atoms with Crippen molar-refractivity contribution in [1.29, 1.82) is 0 Å². The van der Waals surface area contributed by atoms with Gasteiger partial charge in [0.1, 0.15) is 5.69 Å². The Bertz CT molecular complexity index is 765. The third-order valence-corrected chi connectivity index (χ3v) is 3.82. The van der Waals surface area contributed by atoms with Gasteiger partial charge in [-0.3, -0.25) is 4.79 Å². The van der Waals surface area contributed by atoms with Gasteiger partial charge < -0.3 is 14.5 Å². The smallest absolute Gasteiger partial charge is 0.275 e. The van der Waals surface area contributed by atoms with Crippen LogP contribution in [-0.2, 0) is 11.3 Å². The Labute approximate surface area is 131 Å². The van der Waals surface area contributed by atoms with Gasteiger partial charge >= 0.3 is 0 Å². The van der Waals surface area contributed by atoms with E-state index in [4.69, 9.17) is 9.15 Å². The quantitative estimate of drug-likeness (QED) is 0.778. The second kappa shape index (κ2) is 6.55. The van der Waals surface area contributed by atoms with Crippen LogP contribution in [0.15, 0.2) is 52.5 Å². The Hall–Kier alpha value is -2.44. The number of carbonyl (C=O) groups is 1. The van der Waals surface area contributed by atoms with Crippen molar-refractivity contribution >= 4 is 22.9 Å². The molecule has 112 valence electrons. The Kier molecular flexibility index (Phi) is 4.32. The van der Waals surface area contributed by atoms with Crippen LogP contribution in [0.25, 0.3) is 10.8 Å². The highest BCUT2D eigenvalue weighted by Gasteiger charge is 2.13. The van der Waals surface area contributed by atoms with Gasteiger partial charge in [-0.25, -0.2) is 4.98 Å². The van der Waals surface area contributed by atoms with Gasteiger partial charge in [0.15, 0.2) is 10.8 Å². The van der Waals surface area contributed by atoms with Crippen LogP contribution in [0.4, 0.5) is 5.69 Å². The first-order valence-corrected chi connectivity index (χ1v) is 7.53. The van der Waals surface area contributed by atoms with Crippen LogP contribution in [0.5, 0.6) is 0 Å². The lowest BCUT2D eigenvalue weighted by molar-refractivity contribution is 0.102. The number of anilines is 1. The topological polar surface area (TPSA) is 64.4 Å². The predicted octanol–water partition coefficient (Wildman–Crippen LogP) is 3.80. The number of amides is 1. The van der Waals surface area contributed by atoms with E-state index in [0.29, 0.717) is 28.8 Å². The van der Waals surface area contributed by atoms with E-state index in [1.807, 2.05) is 30.3 Å². The van der Waals surface area contributed by atoms with E-state index in [0.717, 1.165) is 5.56 Å². The number of hydrogen-bond donors (Lipinski definition) is 1. The van der Waals surface area contributed by atoms with Gasteiger partial charge in [0.2, 0.25) is 0 Å². The largest absolute Gasteiger partial charge is 0.462 e. The number of ether oxygens (including phenoxy) is 1. The fourth-order valence-corrected chi connectivity index (χ4v) is 2.76. The number of aromatic nitrogens is 1. The van der Waals surface area contributed by atoms with Crippen molar-refractivity contribution in [2.24, 2.45) is 0 Å². The number of nitrogens with zero attached hydrogens (tertiary/aromatic N) is 1. The lowest BCUT2D eigenvalue weighted by Gasteiger charge is -2.05. The molecule has 0 radical (unpaired) electrons. The first-order chi connectivity index (χ1) is 10.8. The zero-order chi connectivity index (χ0) is 15.4. The molecule has 3 rings (SSSR count). The van der Waals surface area contributed by atoms with Crippen molar-refractivity contribution in [3.63, 3.8) is 0 Å². The highest BCUT2D eigenvalue weighted by molar-refractivity contribution is 7.13. The summed E-state index contributed by atoms with van der Waals surface area (Å²) in [6.45, 7) is 0.503. The van der Waals surface area contributed by atoms with E-state index in [2.05, 4.69) is 10.3 Å². The fourth-order valence-electron chi connectivity index (χ4n) is 1.99. The molecule has 2 aromatic heterocycles. The summed E-state index contributed by atoms with van der Waals surface area (Å²) in [5.74, 6) is 0.412. The molecular weight excluding hydrogens is 300 g/mol. The molecule has 22 heavy (non-hydrogen) atoms. The van der Waals surface area contributed by atoms with Gasteiger partial charge in [0, 0.05) is 18.2 Å². The minimum atomic E-state index is -0.247. The summed E-state index contributed by atoms with van der Waals surface area (Å²) in [5, 5.41) is 5.23. The molecule has 1 N–H and O–H groups in total. The number of methoxy groups -OCH3 is 1. The van der Waals surface area contributed by atoms with Crippen molar-refractivity contribution in [2.75, 3.05) is 12.4 Å². The highest BCUT2D eigenvalue weighted by Crippen LogP contribution is 2.24. The second-order valence-electron chi connectivity index (χ2n) is 4.60. The summed E-state index contributed by atoms with van der Waals surface area (Å²) < 4.78 is 10.4. The summed E-state index contributed by atoms with van der Waals surface area (Å²) >= 11 is 1.37. The first-order valence-electron chi connectivity index (χ1n) is 6.65. The molecule has 1 aromatic carbocycles. The van der Waals surface area contributed by atoms with Gasteiger partial charge in [0.05, 0.1) is 12.9 Å². The Morgan fingerprint density at radius 3 is 3.05 bits per heavy atom. The van der Waals surface area contributed by atoms with Crippen molar-refractivity contribution in [1.82, 2.24) is 4.98 Å². The number of furan rings is 1. The lowest BCUT2D eigenvalue weighted by atomic mass is 10.2. The third kappa shape index (κ3) is 3.24. The zero-order valence-corrected chi connectivity index (χ0v) is 12.7. The molecule has 0 fully saturated rings. The molecule has 0 bridgehead atoms. The van der Waals surface area contributed by atoms with Gasteiger partial charge in [0.25, 0.3) is 5.91 Å². The molecular formula is C16H14N2O3S. The highest BCUT2D eigenvalue weighted by atomic mass is 32.1. The van der Waals surface area contributed by atoms with Crippen LogP contribution in [0.1, 0.15) is 16.1 Å². The molecule has 0 saturated heterocycles.